The van der Waals surface area contributed by atoms with E-state index in [-0.39, 0.29) is 24.5 Å². The van der Waals surface area contributed by atoms with Crippen LogP contribution in [-0.4, -0.2) is 22.8 Å². The van der Waals surface area contributed by atoms with Crippen molar-refractivity contribution in [3.63, 3.8) is 0 Å². The maximum absolute atomic E-state index is 11.1. The molecular weight excluding hydrogens is 218 g/mol. The van der Waals surface area contributed by atoms with Gasteiger partial charge in [0.05, 0.1) is 6.42 Å². The molecule has 0 aliphatic carbocycles. The van der Waals surface area contributed by atoms with Crippen LogP contribution in [0.2, 0.25) is 0 Å². The Morgan fingerprint density at radius 2 is 2.00 bits per heavy atom. The average molecular weight is 227 g/mol. The van der Waals surface area contributed by atoms with Gasteiger partial charge in [0.15, 0.2) is 0 Å². The minimum Gasteiger partial charge on any atom is -0.508 e. The molecule has 0 fully saturated rings. The van der Waals surface area contributed by atoms with E-state index in [4.69, 9.17) is 9.84 Å². The number of carbonyl (C=O) groups is 1. The van der Waals surface area contributed by atoms with E-state index in [2.05, 4.69) is 4.84 Å². The van der Waals surface area contributed by atoms with Crippen molar-refractivity contribution in [2.45, 2.75) is 6.42 Å². The van der Waals surface area contributed by atoms with Crippen molar-refractivity contribution in [3.05, 3.63) is 34.4 Å². The van der Waals surface area contributed by atoms with E-state index in [0.717, 1.165) is 0 Å². The first kappa shape index (κ1) is 11.8. The number of esters is 1. The van der Waals surface area contributed by atoms with Gasteiger partial charge in [0.2, 0.25) is 0 Å². The third kappa shape index (κ3) is 4.27. The second-order valence-electron chi connectivity index (χ2n) is 2.77. The predicted octanol–water partition coefficient (Wildman–Crippen LogP) is 0.896. The van der Waals surface area contributed by atoms with Gasteiger partial charge in [0, 0.05) is 0 Å². The molecule has 0 unspecified atom stereocenters. The first-order valence-corrected chi connectivity index (χ1v) is 4.35. The number of phenolic OH excluding ortho intramolecular Hbond substituents is 1. The molecule has 0 aliphatic heterocycles. The van der Waals surface area contributed by atoms with E-state index >= 15 is 0 Å². The summed E-state index contributed by atoms with van der Waals surface area (Å²) in [6.45, 7) is -0.343. The van der Waals surface area contributed by atoms with Gasteiger partial charge in [0.25, 0.3) is 5.09 Å². The fourth-order valence-electron chi connectivity index (χ4n) is 0.900. The summed E-state index contributed by atoms with van der Waals surface area (Å²) in [5, 5.41) is 17.8. The van der Waals surface area contributed by atoms with Crippen LogP contribution in [0.1, 0.15) is 6.42 Å². The van der Waals surface area contributed by atoms with Gasteiger partial charge in [-0.3, -0.25) is 4.79 Å². The van der Waals surface area contributed by atoms with E-state index in [1.807, 2.05) is 0 Å². The Kier molecular flexibility index (Phi) is 4.07. The number of hydrogen-bond acceptors (Lipinski definition) is 6. The first-order chi connectivity index (χ1) is 7.58. The van der Waals surface area contributed by atoms with Gasteiger partial charge in [-0.1, -0.05) is 0 Å². The molecular formula is C9H9NO6. The lowest BCUT2D eigenvalue weighted by atomic mass is 10.3. The molecule has 1 aromatic carbocycles. The topological polar surface area (TPSA) is 98.9 Å². The van der Waals surface area contributed by atoms with Crippen molar-refractivity contribution in [2.75, 3.05) is 6.61 Å². The van der Waals surface area contributed by atoms with Crippen LogP contribution in [-0.2, 0) is 9.63 Å². The number of phenols is 1. The van der Waals surface area contributed by atoms with Crippen molar-refractivity contribution < 1.29 is 24.6 Å². The van der Waals surface area contributed by atoms with Crippen LogP contribution in [0, 0.1) is 10.1 Å². The fourth-order valence-corrected chi connectivity index (χ4v) is 0.900. The van der Waals surface area contributed by atoms with E-state index in [1.165, 1.54) is 24.3 Å². The second kappa shape index (κ2) is 5.54. The number of hydrogen-bond donors (Lipinski definition) is 1. The van der Waals surface area contributed by atoms with E-state index in [1.54, 1.807) is 0 Å². The molecule has 0 atom stereocenters. The van der Waals surface area contributed by atoms with Crippen LogP contribution in [0.5, 0.6) is 11.5 Å². The lowest BCUT2D eigenvalue weighted by molar-refractivity contribution is -0.757. The summed E-state index contributed by atoms with van der Waals surface area (Å²) in [7, 11) is 0. The zero-order valence-corrected chi connectivity index (χ0v) is 8.16. The molecule has 0 bridgehead atoms. The molecule has 0 aliphatic rings. The van der Waals surface area contributed by atoms with Crippen LogP contribution in [0.4, 0.5) is 0 Å². The monoisotopic (exact) mass is 227 g/mol. The normalized spacial score (nSPS) is 9.50. The summed E-state index contributed by atoms with van der Waals surface area (Å²) in [6.07, 6.45) is -0.220. The maximum atomic E-state index is 11.1. The van der Waals surface area contributed by atoms with Gasteiger partial charge in [-0.2, -0.15) is 0 Å². The summed E-state index contributed by atoms with van der Waals surface area (Å²) in [6, 6.07) is 5.52. The van der Waals surface area contributed by atoms with Crippen molar-refractivity contribution in [2.24, 2.45) is 0 Å². The Morgan fingerprint density at radius 1 is 1.38 bits per heavy atom. The molecule has 0 saturated heterocycles. The smallest absolute Gasteiger partial charge is 0.313 e. The van der Waals surface area contributed by atoms with Crippen molar-refractivity contribution in [3.8, 4) is 11.5 Å². The molecule has 0 aromatic heterocycles. The van der Waals surface area contributed by atoms with E-state index < -0.39 is 11.1 Å². The molecule has 1 aromatic rings. The highest BCUT2D eigenvalue weighted by Gasteiger charge is 2.06. The summed E-state index contributed by atoms with van der Waals surface area (Å²) in [4.78, 5) is 24.8. The summed E-state index contributed by atoms with van der Waals surface area (Å²) in [5.41, 5.74) is 0. The van der Waals surface area contributed by atoms with Crippen molar-refractivity contribution in [1.29, 1.82) is 0 Å². The van der Waals surface area contributed by atoms with E-state index in [0.29, 0.717) is 0 Å². The van der Waals surface area contributed by atoms with E-state index in [9.17, 15) is 14.9 Å². The number of ether oxygens (including phenoxy) is 1. The van der Waals surface area contributed by atoms with Gasteiger partial charge in [-0.25, -0.2) is 0 Å². The fraction of sp³-hybridized carbons (Fsp3) is 0.222. The Morgan fingerprint density at radius 3 is 2.56 bits per heavy atom. The van der Waals surface area contributed by atoms with Crippen molar-refractivity contribution in [1.82, 2.24) is 0 Å². The van der Waals surface area contributed by atoms with Gasteiger partial charge in [-0.05, 0) is 24.3 Å². The lowest BCUT2D eigenvalue weighted by Gasteiger charge is -2.03. The SMILES string of the molecule is O=C(CCO[N+](=O)[O-])Oc1ccc(O)cc1. The van der Waals surface area contributed by atoms with Crippen LogP contribution >= 0.6 is 0 Å². The summed E-state index contributed by atoms with van der Waals surface area (Å²) >= 11 is 0. The largest absolute Gasteiger partial charge is 0.508 e. The Balaban J connectivity index is 2.34. The van der Waals surface area contributed by atoms with Crippen LogP contribution in [0.3, 0.4) is 0 Å². The van der Waals surface area contributed by atoms with Crippen LogP contribution < -0.4 is 4.74 Å². The highest BCUT2D eigenvalue weighted by atomic mass is 16.9. The van der Waals surface area contributed by atoms with Crippen LogP contribution in [0.25, 0.3) is 0 Å². The average Bonchev–Trinajstić information content (AvgIpc) is 2.21. The third-order valence-electron chi connectivity index (χ3n) is 1.57. The number of carbonyl (C=O) groups excluding carboxylic acids is 1. The third-order valence-corrected chi connectivity index (χ3v) is 1.57. The zero-order valence-electron chi connectivity index (χ0n) is 8.16. The predicted molar refractivity (Wildman–Crippen MR) is 51.3 cm³/mol. The molecule has 0 heterocycles. The maximum Gasteiger partial charge on any atom is 0.313 e. The molecule has 0 saturated carbocycles. The van der Waals surface area contributed by atoms with Gasteiger partial charge in [-0.15, -0.1) is 10.1 Å². The molecule has 0 spiro atoms. The number of rotatable bonds is 5. The van der Waals surface area contributed by atoms with Crippen molar-refractivity contribution >= 4 is 5.97 Å². The highest BCUT2D eigenvalue weighted by Crippen LogP contribution is 2.16. The quantitative estimate of drug-likeness (QED) is 0.347. The molecule has 1 rings (SSSR count). The molecule has 0 amide bonds. The summed E-state index contributed by atoms with van der Waals surface area (Å²) < 4.78 is 4.80. The number of aromatic hydroxyl groups is 1. The minimum atomic E-state index is -0.978. The number of benzene rings is 1. The first-order valence-electron chi connectivity index (χ1n) is 4.35. The summed E-state index contributed by atoms with van der Waals surface area (Å²) in [5.74, 6) is -0.340. The molecule has 0 radical (unpaired) electrons. The molecule has 1 N–H and O–H groups in total. The van der Waals surface area contributed by atoms with Gasteiger partial charge >= 0.3 is 5.97 Å². The molecule has 16 heavy (non-hydrogen) atoms. The van der Waals surface area contributed by atoms with Gasteiger partial charge < -0.3 is 14.7 Å². The zero-order chi connectivity index (χ0) is 12.0. The molecule has 86 valence electrons. The molecule has 7 nitrogen and oxygen atoms in total. The minimum absolute atomic E-state index is 0.0523. The van der Waals surface area contributed by atoms with Crippen LogP contribution in [0.15, 0.2) is 24.3 Å². The highest BCUT2D eigenvalue weighted by molar-refractivity contribution is 5.72. The number of nitrogens with zero attached hydrogens (tertiary/aromatic N) is 1. The Bertz CT molecular complexity index is 374. The van der Waals surface area contributed by atoms with Gasteiger partial charge in [0.1, 0.15) is 18.1 Å². The Hall–Kier alpha value is -2.31. The molecule has 7 heteroatoms. The second-order valence-corrected chi connectivity index (χ2v) is 2.77. The standard InChI is InChI=1S/C9H9NO6/c11-7-1-3-8(4-2-7)16-9(12)5-6-15-10(13)14/h1-4,11H,5-6H2. The lowest BCUT2D eigenvalue weighted by Crippen LogP contribution is -2.13. The Labute approximate surface area is 90.3 Å².